The van der Waals surface area contributed by atoms with Crippen LogP contribution in [-0.4, -0.2) is 17.0 Å². The molecule has 1 amide bonds. The molecule has 2 aromatic rings. The Hall–Kier alpha value is -0.410. The predicted molar refractivity (Wildman–Crippen MR) is 108 cm³/mol. The molecule has 0 fully saturated rings. The quantitative estimate of drug-likeness (QED) is 0.305. The second-order valence-corrected chi connectivity index (χ2v) is 8.31. The summed E-state index contributed by atoms with van der Waals surface area (Å²) < 4.78 is 1.61. The summed E-state index contributed by atoms with van der Waals surface area (Å²) in [5.41, 5.74) is 1.16. The molecular weight excluding hydrogens is 597 g/mol. The van der Waals surface area contributed by atoms with E-state index in [1.54, 1.807) is 18.2 Å². The summed E-state index contributed by atoms with van der Waals surface area (Å²) in [5.74, 6) is -1.79. The summed E-state index contributed by atoms with van der Waals surface area (Å²) in [6.07, 6.45) is 0. The highest BCUT2D eigenvalue weighted by atomic mass is 79.9. The van der Waals surface area contributed by atoms with Crippen molar-refractivity contribution in [1.82, 2.24) is 0 Å². The summed E-state index contributed by atoms with van der Waals surface area (Å²) in [7, 11) is 0. The van der Waals surface area contributed by atoms with Gasteiger partial charge in [0.05, 0.1) is 11.1 Å². The molecular formula is C15H8Br4ClNO3. The van der Waals surface area contributed by atoms with E-state index >= 15 is 0 Å². The van der Waals surface area contributed by atoms with Crippen molar-refractivity contribution >= 4 is 92.9 Å². The SMILES string of the molecule is Cc1cc(NC(=O)c2c(Br)c(Br)c(Br)c(Br)c2C(=O)O)ccc1Cl. The predicted octanol–water partition coefficient (Wildman–Crippen LogP) is 6.65. The van der Waals surface area contributed by atoms with Crippen molar-refractivity contribution in [3.63, 3.8) is 0 Å². The molecule has 0 aromatic heterocycles. The number of hydrogen-bond donors (Lipinski definition) is 2. The first kappa shape index (κ1) is 19.9. The van der Waals surface area contributed by atoms with E-state index in [0.29, 0.717) is 24.1 Å². The lowest BCUT2D eigenvalue weighted by molar-refractivity contribution is 0.0691. The molecule has 0 spiro atoms. The molecule has 0 atom stereocenters. The number of amides is 1. The fraction of sp³-hybridized carbons (Fsp3) is 0.0667. The van der Waals surface area contributed by atoms with E-state index in [2.05, 4.69) is 69.0 Å². The molecule has 2 N–H and O–H groups in total. The maximum Gasteiger partial charge on any atom is 0.337 e. The summed E-state index contributed by atoms with van der Waals surface area (Å²) in [5, 5.41) is 12.8. The molecule has 0 radical (unpaired) electrons. The normalized spacial score (nSPS) is 10.6. The second-order valence-electron chi connectivity index (χ2n) is 4.73. The first-order valence-corrected chi connectivity index (χ1v) is 9.86. The molecule has 0 bridgehead atoms. The lowest BCUT2D eigenvalue weighted by Gasteiger charge is -2.15. The Balaban J connectivity index is 2.56. The third-order valence-electron chi connectivity index (χ3n) is 3.12. The number of carbonyl (C=O) groups is 2. The van der Waals surface area contributed by atoms with Gasteiger partial charge in [0.15, 0.2) is 0 Å². The van der Waals surface area contributed by atoms with Crippen LogP contribution < -0.4 is 5.32 Å². The molecule has 0 saturated carbocycles. The van der Waals surface area contributed by atoms with Crippen molar-refractivity contribution in [2.45, 2.75) is 6.92 Å². The molecule has 4 nitrogen and oxygen atoms in total. The minimum absolute atomic E-state index is 0.00273. The maximum absolute atomic E-state index is 12.7. The molecule has 2 rings (SSSR count). The molecule has 0 heterocycles. The van der Waals surface area contributed by atoms with Gasteiger partial charge < -0.3 is 10.4 Å². The van der Waals surface area contributed by atoms with E-state index in [4.69, 9.17) is 11.6 Å². The highest BCUT2D eigenvalue weighted by molar-refractivity contribution is 9.15. The zero-order valence-corrected chi connectivity index (χ0v) is 19.0. The number of aromatic carboxylic acids is 1. The van der Waals surface area contributed by atoms with Gasteiger partial charge in [0.1, 0.15) is 0 Å². The third kappa shape index (κ3) is 3.88. The second kappa shape index (κ2) is 7.86. The van der Waals surface area contributed by atoms with Crippen molar-refractivity contribution in [3.8, 4) is 0 Å². The number of carbonyl (C=O) groups excluding carboxylic acids is 1. The molecule has 0 aliphatic carbocycles. The molecule has 0 unspecified atom stereocenters. The Morgan fingerprint density at radius 3 is 2.04 bits per heavy atom. The van der Waals surface area contributed by atoms with Gasteiger partial charge in [-0.15, -0.1) is 0 Å². The zero-order valence-electron chi connectivity index (χ0n) is 11.9. The lowest BCUT2D eigenvalue weighted by Crippen LogP contribution is -2.18. The van der Waals surface area contributed by atoms with Gasteiger partial charge in [0.25, 0.3) is 5.91 Å². The Morgan fingerprint density at radius 1 is 1.00 bits per heavy atom. The number of benzene rings is 2. The van der Waals surface area contributed by atoms with E-state index in [9.17, 15) is 14.7 Å². The van der Waals surface area contributed by atoms with E-state index < -0.39 is 11.9 Å². The van der Waals surface area contributed by atoms with Crippen LogP contribution in [0.1, 0.15) is 26.3 Å². The standard InChI is InChI=1S/C15H8Br4ClNO3/c1-5-4-6(2-3-7(5)20)21-14(22)8-9(15(23)24)11(17)13(19)12(18)10(8)16/h2-4H,1H3,(H,21,22)(H,23,24). The fourth-order valence-corrected chi connectivity index (χ4v) is 4.55. The van der Waals surface area contributed by atoms with Crippen molar-refractivity contribution in [3.05, 3.63) is 57.8 Å². The summed E-state index contributed by atoms with van der Waals surface area (Å²) >= 11 is 19.1. The minimum Gasteiger partial charge on any atom is -0.478 e. The topological polar surface area (TPSA) is 66.4 Å². The number of aryl methyl sites for hydroxylation is 1. The van der Waals surface area contributed by atoms with Gasteiger partial charge in [-0.25, -0.2) is 4.79 Å². The van der Waals surface area contributed by atoms with E-state index in [-0.39, 0.29) is 15.6 Å². The molecule has 9 heteroatoms. The largest absolute Gasteiger partial charge is 0.478 e. The summed E-state index contributed by atoms with van der Waals surface area (Å²) in [4.78, 5) is 24.3. The van der Waals surface area contributed by atoms with E-state index in [1.165, 1.54) is 0 Å². The van der Waals surface area contributed by atoms with Crippen molar-refractivity contribution in [1.29, 1.82) is 0 Å². The van der Waals surface area contributed by atoms with Gasteiger partial charge in [-0.05, 0) is 94.4 Å². The average molecular weight is 605 g/mol. The van der Waals surface area contributed by atoms with Gasteiger partial charge in [-0.1, -0.05) is 11.6 Å². The highest BCUT2D eigenvalue weighted by Crippen LogP contribution is 2.42. The Bertz CT molecular complexity index is 871. The number of rotatable bonds is 3. The van der Waals surface area contributed by atoms with E-state index in [0.717, 1.165) is 5.56 Å². The number of anilines is 1. The molecule has 0 aliphatic rings. The minimum atomic E-state index is -1.23. The first-order chi connectivity index (χ1) is 11.1. The van der Waals surface area contributed by atoms with Gasteiger partial charge in [0.2, 0.25) is 0 Å². The number of hydrogen-bond acceptors (Lipinski definition) is 2. The van der Waals surface area contributed by atoms with Gasteiger partial charge >= 0.3 is 5.97 Å². The molecule has 0 aliphatic heterocycles. The van der Waals surface area contributed by atoms with Crippen LogP contribution in [0.25, 0.3) is 0 Å². The zero-order chi connectivity index (χ0) is 18.2. The Labute approximate surface area is 176 Å². The number of carboxylic acids is 1. The highest BCUT2D eigenvalue weighted by Gasteiger charge is 2.27. The number of halogens is 5. The van der Waals surface area contributed by atoms with Crippen LogP contribution in [0.4, 0.5) is 5.69 Å². The van der Waals surface area contributed by atoms with Gasteiger partial charge in [-0.3, -0.25) is 4.79 Å². The number of nitrogens with one attached hydrogen (secondary N) is 1. The lowest BCUT2D eigenvalue weighted by atomic mass is 10.1. The molecule has 126 valence electrons. The van der Waals surface area contributed by atoms with Gasteiger partial charge in [0, 0.05) is 28.6 Å². The fourth-order valence-electron chi connectivity index (χ4n) is 1.96. The van der Waals surface area contributed by atoms with Crippen molar-refractivity contribution < 1.29 is 14.7 Å². The monoisotopic (exact) mass is 601 g/mol. The van der Waals surface area contributed by atoms with Gasteiger partial charge in [-0.2, -0.15) is 0 Å². The third-order valence-corrected chi connectivity index (χ3v) is 8.32. The van der Waals surface area contributed by atoms with Crippen molar-refractivity contribution in [2.75, 3.05) is 5.32 Å². The molecule has 2 aromatic carbocycles. The van der Waals surface area contributed by atoms with Crippen LogP contribution in [-0.2, 0) is 0 Å². The van der Waals surface area contributed by atoms with Crippen LogP contribution in [0.15, 0.2) is 36.1 Å². The average Bonchev–Trinajstić information content (AvgIpc) is 2.51. The smallest absolute Gasteiger partial charge is 0.337 e. The summed E-state index contributed by atoms with van der Waals surface area (Å²) in [6.45, 7) is 1.81. The molecule has 0 saturated heterocycles. The summed E-state index contributed by atoms with van der Waals surface area (Å²) in [6, 6.07) is 5.01. The van der Waals surface area contributed by atoms with Crippen LogP contribution in [0, 0.1) is 6.92 Å². The van der Waals surface area contributed by atoms with E-state index in [1.807, 2.05) is 6.92 Å². The first-order valence-electron chi connectivity index (χ1n) is 6.31. The van der Waals surface area contributed by atoms with Crippen LogP contribution in [0.5, 0.6) is 0 Å². The van der Waals surface area contributed by atoms with Crippen LogP contribution >= 0.6 is 75.3 Å². The van der Waals surface area contributed by atoms with Crippen molar-refractivity contribution in [2.24, 2.45) is 0 Å². The van der Waals surface area contributed by atoms with Crippen LogP contribution in [0.3, 0.4) is 0 Å². The molecule has 24 heavy (non-hydrogen) atoms. The van der Waals surface area contributed by atoms with Crippen LogP contribution in [0.2, 0.25) is 5.02 Å². The Kier molecular flexibility index (Phi) is 6.52. The Morgan fingerprint density at radius 2 is 1.54 bits per heavy atom. The maximum atomic E-state index is 12.7. The number of carboxylic acid groups (broad SMARTS) is 1.